The molecule has 0 unspecified atom stereocenters. The van der Waals surface area contributed by atoms with E-state index in [9.17, 15) is 14.9 Å². The fourth-order valence-corrected chi connectivity index (χ4v) is 3.36. The van der Waals surface area contributed by atoms with E-state index in [4.69, 9.17) is 20.6 Å². The van der Waals surface area contributed by atoms with Crippen molar-refractivity contribution in [1.82, 2.24) is 5.32 Å². The van der Waals surface area contributed by atoms with Crippen molar-refractivity contribution in [1.29, 1.82) is 5.41 Å². The number of nitro benzene ring substituents is 1. The highest BCUT2D eigenvalue weighted by molar-refractivity contribution is 5.95. The van der Waals surface area contributed by atoms with Crippen LogP contribution in [0.1, 0.15) is 22.7 Å². The number of nitrogens with zero attached hydrogens (tertiary/aromatic N) is 1. The van der Waals surface area contributed by atoms with Gasteiger partial charge in [0.15, 0.2) is 11.5 Å². The van der Waals surface area contributed by atoms with E-state index in [2.05, 4.69) is 10.6 Å². The fourth-order valence-electron chi connectivity index (χ4n) is 3.36. The van der Waals surface area contributed by atoms with Gasteiger partial charge in [-0.05, 0) is 35.9 Å². The maximum Gasteiger partial charge on any atom is 0.279 e. The second kappa shape index (κ2) is 10.8. The Morgan fingerprint density at radius 3 is 2.24 bits per heavy atom. The molecular formula is C24H25N5O5. The Kier molecular flexibility index (Phi) is 7.65. The molecule has 3 aromatic carbocycles. The van der Waals surface area contributed by atoms with Gasteiger partial charge in [0, 0.05) is 17.8 Å². The van der Waals surface area contributed by atoms with Gasteiger partial charge in [0.25, 0.3) is 5.69 Å². The maximum absolute atomic E-state index is 13.3. The van der Waals surface area contributed by atoms with Crippen LogP contribution >= 0.6 is 0 Å². The predicted octanol–water partition coefficient (Wildman–Crippen LogP) is 3.37. The quantitative estimate of drug-likeness (QED) is 0.156. The Morgan fingerprint density at radius 2 is 1.68 bits per heavy atom. The molecule has 0 aromatic heterocycles. The second-order valence-electron chi connectivity index (χ2n) is 7.29. The summed E-state index contributed by atoms with van der Waals surface area (Å²) in [4.78, 5) is 24.6. The van der Waals surface area contributed by atoms with Crippen LogP contribution in [0.3, 0.4) is 0 Å². The van der Waals surface area contributed by atoms with E-state index in [1.807, 2.05) is 30.3 Å². The molecule has 3 rings (SSSR count). The molecule has 34 heavy (non-hydrogen) atoms. The lowest BCUT2D eigenvalue weighted by Crippen LogP contribution is -2.33. The van der Waals surface area contributed by atoms with Crippen LogP contribution in [0, 0.1) is 15.5 Å². The summed E-state index contributed by atoms with van der Waals surface area (Å²) in [5.41, 5.74) is 7.20. The van der Waals surface area contributed by atoms with E-state index in [0.29, 0.717) is 11.3 Å². The zero-order chi connectivity index (χ0) is 24.7. The number of nitrogen functional groups attached to an aromatic ring is 1. The number of nitrogens with two attached hydrogens (primary N) is 1. The predicted molar refractivity (Wildman–Crippen MR) is 128 cm³/mol. The zero-order valence-corrected chi connectivity index (χ0v) is 18.7. The van der Waals surface area contributed by atoms with Gasteiger partial charge in [-0.25, -0.2) is 0 Å². The molecule has 0 aliphatic carbocycles. The molecule has 1 amide bonds. The first-order chi connectivity index (χ1) is 16.3. The van der Waals surface area contributed by atoms with Crippen LogP contribution in [0.25, 0.3) is 0 Å². The largest absolute Gasteiger partial charge is 0.493 e. The van der Waals surface area contributed by atoms with Gasteiger partial charge in [-0.3, -0.25) is 20.3 Å². The number of hydrogen-bond donors (Lipinski definition) is 4. The first-order valence-corrected chi connectivity index (χ1v) is 10.3. The smallest absolute Gasteiger partial charge is 0.279 e. The monoisotopic (exact) mass is 463 g/mol. The third-order valence-corrected chi connectivity index (χ3v) is 5.12. The Labute approximate surface area is 196 Å². The number of benzene rings is 3. The Morgan fingerprint density at radius 1 is 1.06 bits per heavy atom. The number of hydrogen-bond acceptors (Lipinski definition) is 7. The lowest BCUT2D eigenvalue weighted by molar-refractivity contribution is -0.385. The van der Waals surface area contributed by atoms with Gasteiger partial charge >= 0.3 is 0 Å². The first-order valence-electron chi connectivity index (χ1n) is 10.3. The lowest BCUT2D eigenvalue weighted by atomic mass is 10.0. The molecule has 176 valence electrons. The van der Waals surface area contributed by atoms with Gasteiger partial charge in [-0.15, -0.1) is 0 Å². The first kappa shape index (κ1) is 24.1. The number of anilines is 1. The minimum Gasteiger partial charge on any atom is -0.493 e. The molecule has 5 N–H and O–H groups in total. The number of ether oxygens (including phenoxy) is 2. The van der Waals surface area contributed by atoms with Crippen LogP contribution in [0.4, 0.5) is 11.4 Å². The van der Waals surface area contributed by atoms with Crippen LogP contribution in [-0.4, -0.2) is 30.9 Å². The summed E-state index contributed by atoms with van der Waals surface area (Å²) in [6.07, 6.45) is 0. The molecule has 0 heterocycles. The molecule has 0 radical (unpaired) electrons. The molecule has 0 fully saturated rings. The van der Waals surface area contributed by atoms with E-state index in [1.165, 1.54) is 26.4 Å². The highest BCUT2D eigenvalue weighted by Crippen LogP contribution is 2.38. The van der Waals surface area contributed by atoms with Crippen molar-refractivity contribution < 1.29 is 19.2 Å². The normalized spacial score (nSPS) is 11.2. The highest BCUT2D eigenvalue weighted by atomic mass is 16.6. The number of carbonyl (C=O) groups excluding carboxylic acids is 1. The van der Waals surface area contributed by atoms with Crippen LogP contribution in [0.5, 0.6) is 11.5 Å². The van der Waals surface area contributed by atoms with Crippen molar-refractivity contribution >= 4 is 23.1 Å². The summed E-state index contributed by atoms with van der Waals surface area (Å²) >= 11 is 0. The molecule has 3 aromatic rings. The standard InChI is InChI=1S/C24H25N5O5/c1-33-20-12-18(19(29(31)32)13-21(20)34-2)22(24(30)27-14-15-6-4-3-5-7-15)28-17-10-8-16(9-11-17)23(25)26/h3-13,22,28H,14H2,1-2H3,(H3,25,26)(H,27,30)/t22-/m1/s1. The van der Waals surface area contributed by atoms with Crippen LogP contribution in [0.2, 0.25) is 0 Å². The van der Waals surface area contributed by atoms with E-state index < -0.39 is 16.9 Å². The fraction of sp³-hybridized carbons (Fsp3) is 0.167. The summed E-state index contributed by atoms with van der Waals surface area (Å²) in [7, 11) is 2.78. The number of amidine groups is 1. The SMILES string of the molecule is COc1cc([C@@H](Nc2ccc(C(=N)N)cc2)C(=O)NCc2ccccc2)c([N+](=O)[O-])cc1OC. The zero-order valence-electron chi connectivity index (χ0n) is 18.7. The highest BCUT2D eigenvalue weighted by Gasteiger charge is 2.30. The third-order valence-electron chi connectivity index (χ3n) is 5.12. The topological polar surface area (TPSA) is 153 Å². The van der Waals surface area contributed by atoms with Crippen molar-refractivity contribution in [2.45, 2.75) is 12.6 Å². The molecular weight excluding hydrogens is 438 g/mol. The molecule has 10 heteroatoms. The van der Waals surface area contributed by atoms with E-state index in [0.717, 1.165) is 5.56 Å². The van der Waals surface area contributed by atoms with Crippen molar-refractivity contribution in [3.05, 3.63) is 93.5 Å². The van der Waals surface area contributed by atoms with Gasteiger partial charge in [0.1, 0.15) is 11.9 Å². The summed E-state index contributed by atoms with van der Waals surface area (Å²) in [6, 6.07) is 17.3. The number of nitro groups is 1. The molecule has 0 aliphatic rings. The van der Waals surface area contributed by atoms with Crippen LogP contribution in [0.15, 0.2) is 66.7 Å². The van der Waals surface area contributed by atoms with E-state index >= 15 is 0 Å². The van der Waals surface area contributed by atoms with E-state index in [1.54, 1.807) is 24.3 Å². The number of rotatable bonds is 10. The van der Waals surface area contributed by atoms with Gasteiger partial charge in [0.05, 0.1) is 30.8 Å². The van der Waals surface area contributed by atoms with Gasteiger partial charge < -0.3 is 25.8 Å². The Hall–Kier alpha value is -4.60. The average Bonchev–Trinajstić information content (AvgIpc) is 2.85. The Bertz CT molecular complexity index is 1180. The molecule has 0 saturated carbocycles. The molecule has 0 bridgehead atoms. The lowest BCUT2D eigenvalue weighted by Gasteiger charge is -2.21. The molecule has 10 nitrogen and oxygen atoms in total. The van der Waals surface area contributed by atoms with Gasteiger partial charge in [-0.1, -0.05) is 30.3 Å². The number of carbonyl (C=O) groups is 1. The van der Waals surface area contributed by atoms with E-state index in [-0.39, 0.29) is 35.1 Å². The Balaban J connectivity index is 2.02. The molecule has 0 saturated heterocycles. The summed E-state index contributed by atoms with van der Waals surface area (Å²) in [6.45, 7) is 0.238. The van der Waals surface area contributed by atoms with Gasteiger partial charge in [0.2, 0.25) is 5.91 Å². The third kappa shape index (κ3) is 5.60. The number of methoxy groups -OCH3 is 2. The minimum absolute atomic E-state index is 0.0979. The number of nitrogens with one attached hydrogen (secondary N) is 3. The van der Waals surface area contributed by atoms with Crippen molar-refractivity contribution in [3.63, 3.8) is 0 Å². The summed E-state index contributed by atoms with van der Waals surface area (Å²) < 4.78 is 10.5. The minimum atomic E-state index is -1.13. The number of amides is 1. The summed E-state index contributed by atoms with van der Waals surface area (Å²) in [5, 5.41) is 25.3. The second-order valence-corrected chi connectivity index (χ2v) is 7.29. The summed E-state index contributed by atoms with van der Waals surface area (Å²) in [5.74, 6) is -0.154. The van der Waals surface area contributed by atoms with Crippen molar-refractivity contribution in [3.8, 4) is 11.5 Å². The molecule has 1 atom stereocenters. The van der Waals surface area contributed by atoms with Crippen molar-refractivity contribution in [2.75, 3.05) is 19.5 Å². The maximum atomic E-state index is 13.3. The van der Waals surface area contributed by atoms with Crippen molar-refractivity contribution in [2.24, 2.45) is 5.73 Å². The van der Waals surface area contributed by atoms with Crippen LogP contribution in [-0.2, 0) is 11.3 Å². The van der Waals surface area contributed by atoms with Gasteiger partial charge in [-0.2, -0.15) is 0 Å². The van der Waals surface area contributed by atoms with Crippen LogP contribution < -0.4 is 25.8 Å². The molecule has 0 spiro atoms. The molecule has 0 aliphatic heterocycles. The average molecular weight is 463 g/mol.